The lowest BCUT2D eigenvalue weighted by molar-refractivity contribution is 0.657. The number of furan rings is 1. The number of nitrogens with zero attached hydrogens (tertiary/aromatic N) is 3. The molecule has 0 fully saturated rings. The normalized spacial score (nSPS) is 13.2. The summed E-state index contributed by atoms with van der Waals surface area (Å²) >= 11 is 0. The second kappa shape index (κ2) is 10.1. The van der Waals surface area contributed by atoms with Crippen LogP contribution in [-0.2, 0) is 5.41 Å². The Balaban J connectivity index is 1.14. The van der Waals surface area contributed by atoms with Crippen LogP contribution in [0.2, 0.25) is 0 Å². The molecule has 0 amide bonds. The standard InChI is InChI=1S/C42H29N3O/c1-42(2)34-16-10-9-15-31(34)32-22-24-36-37(38(32)42)33-25-30(21-23-35(33)46-36)26-17-19-29(20-18-26)41-44-39(27-11-5-3-6-12-27)43-40(45-41)28-13-7-4-8-14-28/h3-25H,1-2H3. The molecule has 46 heavy (non-hydrogen) atoms. The number of rotatable bonds is 4. The zero-order valence-electron chi connectivity index (χ0n) is 25.5. The van der Waals surface area contributed by atoms with E-state index in [0.29, 0.717) is 17.5 Å². The van der Waals surface area contributed by atoms with Crippen molar-refractivity contribution in [3.63, 3.8) is 0 Å². The van der Waals surface area contributed by atoms with E-state index < -0.39 is 0 Å². The largest absolute Gasteiger partial charge is 0.456 e. The zero-order valence-corrected chi connectivity index (χ0v) is 25.5. The Morgan fingerprint density at radius 1 is 0.457 bits per heavy atom. The molecule has 0 spiro atoms. The van der Waals surface area contributed by atoms with Crippen molar-refractivity contribution in [3.05, 3.63) is 151 Å². The Labute approximate surface area is 267 Å². The van der Waals surface area contributed by atoms with E-state index in [4.69, 9.17) is 19.4 Å². The predicted molar refractivity (Wildman–Crippen MR) is 186 cm³/mol. The molecule has 1 aliphatic rings. The summed E-state index contributed by atoms with van der Waals surface area (Å²) in [5.74, 6) is 1.96. The van der Waals surface area contributed by atoms with Crippen molar-refractivity contribution >= 4 is 21.9 Å². The van der Waals surface area contributed by atoms with Crippen LogP contribution >= 0.6 is 0 Å². The molecule has 0 N–H and O–H groups in total. The molecule has 4 nitrogen and oxygen atoms in total. The van der Waals surface area contributed by atoms with Gasteiger partial charge in [0.05, 0.1) is 0 Å². The first-order valence-electron chi connectivity index (χ1n) is 15.6. The molecule has 8 aromatic rings. The van der Waals surface area contributed by atoms with Crippen molar-refractivity contribution in [1.82, 2.24) is 15.0 Å². The maximum atomic E-state index is 6.41. The molecule has 0 atom stereocenters. The van der Waals surface area contributed by atoms with Gasteiger partial charge in [-0.25, -0.2) is 15.0 Å². The second-order valence-electron chi connectivity index (χ2n) is 12.5. The zero-order chi connectivity index (χ0) is 30.8. The fourth-order valence-corrected chi connectivity index (χ4v) is 7.07. The highest BCUT2D eigenvalue weighted by atomic mass is 16.3. The van der Waals surface area contributed by atoms with Crippen LogP contribution in [0.5, 0.6) is 0 Å². The van der Waals surface area contributed by atoms with Gasteiger partial charge in [0, 0.05) is 32.9 Å². The average molecular weight is 592 g/mol. The molecule has 0 saturated carbocycles. The molecule has 0 bridgehead atoms. The third-order valence-electron chi connectivity index (χ3n) is 9.33. The Morgan fingerprint density at radius 2 is 0.978 bits per heavy atom. The van der Waals surface area contributed by atoms with Crippen LogP contribution < -0.4 is 0 Å². The maximum absolute atomic E-state index is 6.41. The van der Waals surface area contributed by atoms with Gasteiger partial charge in [-0.05, 0) is 51.6 Å². The summed E-state index contributed by atoms with van der Waals surface area (Å²) in [4.78, 5) is 14.6. The number of hydrogen-bond donors (Lipinski definition) is 0. The Bertz CT molecular complexity index is 2370. The summed E-state index contributed by atoms with van der Waals surface area (Å²) in [6.45, 7) is 4.65. The van der Waals surface area contributed by atoms with Crippen molar-refractivity contribution in [2.75, 3.05) is 0 Å². The van der Waals surface area contributed by atoms with Gasteiger partial charge in [-0.15, -0.1) is 0 Å². The fraction of sp³-hybridized carbons (Fsp3) is 0.0714. The topological polar surface area (TPSA) is 51.8 Å². The third kappa shape index (κ3) is 4.11. The Hall–Kier alpha value is -5.87. The number of fused-ring (bicyclic) bond motifs is 7. The quantitative estimate of drug-likeness (QED) is 0.204. The molecule has 0 unspecified atom stereocenters. The van der Waals surface area contributed by atoms with Crippen LogP contribution in [0.4, 0.5) is 0 Å². The van der Waals surface area contributed by atoms with Crippen LogP contribution in [0.1, 0.15) is 25.0 Å². The van der Waals surface area contributed by atoms with Crippen LogP contribution in [0.3, 0.4) is 0 Å². The predicted octanol–water partition coefficient (Wildman–Crippen LogP) is 10.7. The number of aromatic nitrogens is 3. The lowest BCUT2D eigenvalue weighted by Crippen LogP contribution is -2.15. The molecule has 0 saturated heterocycles. The summed E-state index contributed by atoms with van der Waals surface area (Å²) in [6, 6.07) is 48.3. The highest BCUT2D eigenvalue weighted by Crippen LogP contribution is 2.53. The van der Waals surface area contributed by atoms with Gasteiger partial charge in [-0.3, -0.25) is 0 Å². The molecule has 2 heterocycles. The highest BCUT2D eigenvalue weighted by molar-refractivity contribution is 6.12. The minimum absolute atomic E-state index is 0.123. The first kappa shape index (κ1) is 26.5. The monoisotopic (exact) mass is 591 g/mol. The van der Waals surface area contributed by atoms with Gasteiger partial charge in [0.25, 0.3) is 0 Å². The molecule has 6 aromatic carbocycles. The van der Waals surface area contributed by atoms with Crippen molar-refractivity contribution in [3.8, 4) is 56.4 Å². The minimum Gasteiger partial charge on any atom is -0.456 e. The Kier molecular flexibility index (Phi) is 5.81. The molecule has 218 valence electrons. The van der Waals surface area contributed by atoms with Gasteiger partial charge in [0.15, 0.2) is 17.5 Å². The van der Waals surface area contributed by atoms with Gasteiger partial charge in [0.1, 0.15) is 11.2 Å². The van der Waals surface area contributed by atoms with E-state index in [0.717, 1.165) is 44.4 Å². The van der Waals surface area contributed by atoms with Crippen LogP contribution in [0.15, 0.2) is 144 Å². The molecule has 9 rings (SSSR count). The highest BCUT2D eigenvalue weighted by Gasteiger charge is 2.37. The van der Waals surface area contributed by atoms with E-state index in [2.05, 4.69) is 92.7 Å². The van der Waals surface area contributed by atoms with Gasteiger partial charge >= 0.3 is 0 Å². The van der Waals surface area contributed by atoms with Crippen molar-refractivity contribution in [1.29, 1.82) is 0 Å². The molecule has 1 aliphatic carbocycles. The van der Waals surface area contributed by atoms with Crippen molar-refractivity contribution < 1.29 is 4.42 Å². The van der Waals surface area contributed by atoms with Crippen molar-refractivity contribution in [2.24, 2.45) is 0 Å². The smallest absolute Gasteiger partial charge is 0.164 e. The minimum atomic E-state index is -0.123. The van der Waals surface area contributed by atoms with Gasteiger partial charge in [-0.1, -0.05) is 135 Å². The summed E-state index contributed by atoms with van der Waals surface area (Å²) in [6.07, 6.45) is 0. The molecule has 0 radical (unpaired) electrons. The molecule has 4 heteroatoms. The van der Waals surface area contributed by atoms with Crippen LogP contribution in [0.25, 0.3) is 78.4 Å². The van der Waals surface area contributed by atoms with Crippen LogP contribution in [0, 0.1) is 0 Å². The lowest BCUT2D eigenvalue weighted by Gasteiger charge is -2.22. The van der Waals surface area contributed by atoms with E-state index in [1.165, 1.54) is 27.6 Å². The number of benzene rings is 6. The van der Waals surface area contributed by atoms with Crippen molar-refractivity contribution in [2.45, 2.75) is 19.3 Å². The van der Waals surface area contributed by atoms with E-state index >= 15 is 0 Å². The summed E-state index contributed by atoms with van der Waals surface area (Å²) in [7, 11) is 0. The van der Waals surface area contributed by atoms with E-state index in [-0.39, 0.29) is 5.41 Å². The third-order valence-corrected chi connectivity index (χ3v) is 9.33. The number of hydrogen-bond acceptors (Lipinski definition) is 4. The van der Waals surface area contributed by atoms with Gasteiger partial charge < -0.3 is 4.42 Å². The molecule has 2 aromatic heterocycles. The summed E-state index contributed by atoms with van der Waals surface area (Å²) < 4.78 is 6.41. The van der Waals surface area contributed by atoms with Gasteiger partial charge in [-0.2, -0.15) is 0 Å². The van der Waals surface area contributed by atoms with Gasteiger partial charge in [0.2, 0.25) is 0 Å². The first-order chi connectivity index (χ1) is 22.5. The maximum Gasteiger partial charge on any atom is 0.164 e. The Morgan fingerprint density at radius 3 is 1.63 bits per heavy atom. The lowest BCUT2D eigenvalue weighted by atomic mass is 9.80. The van der Waals surface area contributed by atoms with E-state index in [9.17, 15) is 0 Å². The molecule has 0 aliphatic heterocycles. The summed E-state index contributed by atoms with van der Waals surface area (Å²) in [5, 5.41) is 2.35. The summed E-state index contributed by atoms with van der Waals surface area (Å²) in [5.41, 5.74) is 12.1. The first-order valence-corrected chi connectivity index (χ1v) is 15.6. The SMILES string of the molecule is CC1(C)c2ccccc2-c2ccc3oc4ccc(-c5ccc(-c6nc(-c7ccccc7)nc(-c7ccccc7)n6)cc5)cc4c3c21. The van der Waals surface area contributed by atoms with E-state index in [1.807, 2.05) is 60.7 Å². The molecular weight excluding hydrogens is 562 g/mol. The fourth-order valence-electron chi connectivity index (χ4n) is 7.07. The van der Waals surface area contributed by atoms with Crippen LogP contribution in [-0.4, -0.2) is 15.0 Å². The second-order valence-corrected chi connectivity index (χ2v) is 12.5. The van der Waals surface area contributed by atoms with E-state index in [1.54, 1.807) is 0 Å². The molecular formula is C42H29N3O. The average Bonchev–Trinajstić information content (AvgIpc) is 3.60.